The average molecular weight is 357 g/mol. The molecule has 0 aliphatic carbocycles. The number of benzene rings is 2. The Morgan fingerprint density at radius 1 is 1.12 bits per heavy atom. The molecule has 8 nitrogen and oxygen atoms in total. The maximum atomic E-state index is 12.2. The van der Waals surface area contributed by atoms with E-state index in [1.807, 2.05) is 19.0 Å². The number of carbonyl (C=O) groups is 2. The summed E-state index contributed by atoms with van der Waals surface area (Å²) in [6, 6.07) is 12.5. The molecule has 136 valence electrons. The molecule has 2 rings (SSSR count). The van der Waals surface area contributed by atoms with Crippen LogP contribution in [0.1, 0.15) is 17.3 Å². The number of nitro benzene ring substituents is 1. The largest absolute Gasteiger partial charge is 0.449 e. The van der Waals surface area contributed by atoms with E-state index in [1.165, 1.54) is 25.1 Å². The lowest BCUT2D eigenvalue weighted by atomic mass is 10.2. The maximum Gasteiger partial charge on any atom is 0.338 e. The molecule has 0 spiro atoms. The molecular formula is C18H19N3O5. The van der Waals surface area contributed by atoms with Crippen molar-refractivity contribution in [2.24, 2.45) is 0 Å². The van der Waals surface area contributed by atoms with Gasteiger partial charge >= 0.3 is 5.97 Å². The molecule has 26 heavy (non-hydrogen) atoms. The fourth-order valence-electron chi connectivity index (χ4n) is 2.15. The van der Waals surface area contributed by atoms with Crippen molar-refractivity contribution in [2.45, 2.75) is 13.0 Å². The Labute approximate surface area is 150 Å². The van der Waals surface area contributed by atoms with Crippen LogP contribution in [0.3, 0.4) is 0 Å². The lowest BCUT2D eigenvalue weighted by Gasteiger charge is -2.15. The standard InChI is InChI=1S/C18H19N3O5/c1-12(17(22)19-15-6-4-5-7-16(15)21(24)25)26-18(23)13-8-10-14(11-9-13)20(2)3/h4-12H,1-3H3,(H,19,22)/t12-/m0/s1. The molecule has 0 fully saturated rings. The van der Waals surface area contributed by atoms with Crippen LogP contribution in [-0.2, 0) is 9.53 Å². The predicted molar refractivity (Wildman–Crippen MR) is 97.4 cm³/mol. The Hall–Kier alpha value is -3.42. The van der Waals surface area contributed by atoms with Gasteiger partial charge in [-0.15, -0.1) is 0 Å². The molecule has 0 bridgehead atoms. The molecule has 0 aliphatic rings. The van der Waals surface area contributed by atoms with Gasteiger partial charge in [-0.3, -0.25) is 14.9 Å². The van der Waals surface area contributed by atoms with Crippen LogP contribution in [0.15, 0.2) is 48.5 Å². The van der Waals surface area contributed by atoms with Crippen molar-refractivity contribution >= 4 is 28.9 Å². The molecule has 0 heterocycles. The monoisotopic (exact) mass is 357 g/mol. The van der Waals surface area contributed by atoms with Gasteiger partial charge in [0.05, 0.1) is 10.5 Å². The van der Waals surface area contributed by atoms with Crippen LogP contribution in [0, 0.1) is 10.1 Å². The van der Waals surface area contributed by atoms with Gasteiger partial charge in [0.25, 0.3) is 11.6 Å². The first-order valence-electron chi connectivity index (χ1n) is 7.82. The van der Waals surface area contributed by atoms with E-state index in [9.17, 15) is 19.7 Å². The number of ether oxygens (including phenoxy) is 1. The minimum atomic E-state index is -1.11. The summed E-state index contributed by atoms with van der Waals surface area (Å²) in [4.78, 5) is 36.6. The van der Waals surface area contributed by atoms with Crippen LogP contribution in [0.5, 0.6) is 0 Å². The lowest BCUT2D eigenvalue weighted by Crippen LogP contribution is -2.30. The van der Waals surface area contributed by atoms with Crippen molar-refractivity contribution in [3.05, 3.63) is 64.2 Å². The van der Waals surface area contributed by atoms with Crippen molar-refractivity contribution in [2.75, 3.05) is 24.3 Å². The predicted octanol–water partition coefficient (Wildman–Crippen LogP) is 2.84. The van der Waals surface area contributed by atoms with Gasteiger partial charge in [0.1, 0.15) is 5.69 Å². The van der Waals surface area contributed by atoms with Crippen LogP contribution in [0.4, 0.5) is 17.1 Å². The van der Waals surface area contributed by atoms with Crippen molar-refractivity contribution in [3.63, 3.8) is 0 Å². The number of nitro groups is 1. The van der Waals surface area contributed by atoms with Crippen LogP contribution < -0.4 is 10.2 Å². The van der Waals surface area contributed by atoms with Crippen molar-refractivity contribution in [1.82, 2.24) is 0 Å². The summed E-state index contributed by atoms with van der Waals surface area (Å²) in [6.07, 6.45) is -1.11. The SMILES string of the molecule is C[C@H](OC(=O)c1ccc(N(C)C)cc1)C(=O)Nc1ccccc1[N+](=O)[O-]. The second-order valence-corrected chi connectivity index (χ2v) is 5.75. The van der Waals surface area contributed by atoms with Gasteiger partial charge in [-0.25, -0.2) is 4.79 Å². The Morgan fingerprint density at radius 2 is 1.73 bits per heavy atom. The molecule has 0 radical (unpaired) electrons. The van der Waals surface area contributed by atoms with Crippen LogP contribution in [0.2, 0.25) is 0 Å². The summed E-state index contributed by atoms with van der Waals surface area (Å²) in [5.74, 6) is -1.31. The number of para-hydroxylation sites is 2. The molecule has 0 unspecified atom stereocenters. The minimum absolute atomic E-state index is 0.0423. The summed E-state index contributed by atoms with van der Waals surface area (Å²) in [7, 11) is 3.75. The van der Waals surface area contributed by atoms with Gasteiger partial charge < -0.3 is 15.0 Å². The van der Waals surface area contributed by atoms with E-state index >= 15 is 0 Å². The summed E-state index contributed by atoms with van der Waals surface area (Å²) < 4.78 is 5.14. The third-order valence-electron chi connectivity index (χ3n) is 3.63. The molecule has 1 atom stereocenters. The van der Waals surface area contributed by atoms with Crippen LogP contribution >= 0.6 is 0 Å². The van der Waals surface area contributed by atoms with E-state index in [2.05, 4.69) is 5.32 Å². The third kappa shape index (κ3) is 4.56. The number of nitrogens with zero attached hydrogens (tertiary/aromatic N) is 2. The molecule has 2 aromatic carbocycles. The Morgan fingerprint density at radius 3 is 2.31 bits per heavy atom. The summed E-state index contributed by atoms with van der Waals surface area (Å²) in [5, 5.41) is 13.4. The topological polar surface area (TPSA) is 102 Å². The Bertz CT molecular complexity index is 818. The normalized spacial score (nSPS) is 11.3. The highest BCUT2D eigenvalue weighted by Gasteiger charge is 2.22. The minimum Gasteiger partial charge on any atom is -0.449 e. The van der Waals surface area contributed by atoms with E-state index in [4.69, 9.17) is 4.74 Å². The van der Waals surface area contributed by atoms with Gasteiger partial charge in [0.15, 0.2) is 6.10 Å². The highest BCUT2D eigenvalue weighted by atomic mass is 16.6. The average Bonchev–Trinajstić information content (AvgIpc) is 2.61. The van der Waals surface area contributed by atoms with Gasteiger partial charge in [0.2, 0.25) is 0 Å². The number of nitrogens with one attached hydrogen (secondary N) is 1. The number of amides is 1. The van der Waals surface area contributed by atoms with Gasteiger partial charge in [0, 0.05) is 25.8 Å². The van der Waals surface area contributed by atoms with Crippen LogP contribution in [-0.4, -0.2) is 37.0 Å². The number of esters is 1. The Kier molecular flexibility index (Phi) is 5.90. The number of anilines is 2. The second-order valence-electron chi connectivity index (χ2n) is 5.75. The first-order chi connectivity index (χ1) is 12.3. The highest BCUT2D eigenvalue weighted by Crippen LogP contribution is 2.23. The molecule has 0 aliphatic heterocycles. The van der Waals surface area contributed by atoms with E-state index in [-0.39, 0.29) is 11.4 Å². The van der Waals surface area contributed by atoms with E-state index in [0.717, 1.165) is 5.69 Å². The van der Waals surface area contributed by atoms with Crippen molar-refractivity contribution < 1.29 is 19.2 Å². The van der Waals surface area contributed by atoms with Crippen molar-refractivity contribution in [3.8, 4) is 0 Å². The van der Waals surface area contributed by atoms with Gasteiger partial charge in [-0.05, 0) is 37.3 Å². The molecular weight excluding hydrogens is 338 g/mol. The highest BCUT2D eigenvalue weighted by molar-refractivity contribution is 5.98. The molecule has 1 N–H and O–H groups in total. The van der Waals surface area contributed by atoms with E-state index in [1.54, 1.807) is 30.3 Å². The number of carbonyl (C=O) groups excluding carboxylic acids is 2. The van der Waals surface area contributed by atoms with Crippen LogP contribution in [0.25, 0.3) is 0 Å². The smallest absolute Gasteiger partial charge is 0.338 e. The first kappa shape index (κ1) is 18.9. The third-order valence-corrected chi connectivity index (χ3v) is 3.63. The summed E-state index contributed by atoms with van der Waals surface area (Å²) in [5.41, 5.74) is 1.03. The summed E-state index contributed by atoms with van der Waals surface area (Å²) in [6.45, 7) is 1.40. The van der Waals surface area contributed by atoms with Crippen molar-refractivity contribution in [1.29, 1.82) is 0 Å². The molecule has 0 aromatic heterocycles. The fraction of sp³-hybridized carbons (Fsp3) is 0.222. The molecule has 8 heteroatoms. The zero-order valence-corrected chi connectivity index (χ0v) is 14.6. The van der Waals surface area contributed by atoms with Gasteiger partial charge in [-0.1, -0.05) is 12.1 Å². The maximum absolute atomic E-state index is 12.2. The fourth-order valence-corrected chi connectivity index (χ4v) is 2.15. The number of hydrogen-bond donors (Lipinski definition) is 1. The first-order valence-corrected chi connectivity index (χ1v) is 7.82. The zero-order valence-electron chi connectivity index (χ0n) is 14.6. The molecule has 1 amide bonds. The summed E-state index contributed by atoms with van der Waals surface area (Å²) >= 11 is 0. The lowest BCUT2D eigenvalue weighted by molar-refractivity contribution is -0.383. The zero-order chi connectivity index (χ0) is 19.3. The number of hydrogen-bond acceptors (Lipinski definition) is 6. The Balaban J connectivity index is 2.02. The van der Waals surface area contributed by atoms with E-state index < -0.39 is 22.9 Å². The molecule has 2 aromatic rings. The molecule has 0 saturated carbocycles. The second kappa shape index (κ2) is 8.11. The molecule has 0 saturated heterocycles. The quantitative estimate of drug-likeness (QED) is 0.484. The van der Waals surface area contributed by atoms with E-state index in [0.29, 0.717) is 5.56 Å². The van der Waals surface area contributed by atoms with Gasteiger partial charge in [-0.2, -0.15) is 0 Å². The number of rotatable bonds is 6.